The number of amides is 1. The highest BCUT2D eigenvalue weighted by atomic mass is 16.5. The summed E-state index contributed by atoms with van der Waals surface area (Å²) in [6.45, 7) is 5.96. The van der Waals surface area contributed by atoms with Crippen LogP contribution in [0.2, 0.25) is 0 Å². The predicted molar refractivity (Wildman–Crippen MR) is 127 cm³/mol. The standard InChI is InChI=1S/C25H27N5O3/c1-5-21(24(31)26-15-18-11-13-20(33-4)14-12-18)30-25(32)23-22(16(2)27-30)17(3)29(28-23)19-9-7-6-8-10-19/h6-14,21H,5,15H2,1-4H3,(H,26,31)/t21-/m1/s1. The Kier molecular flexibility index (Phi) is 6.26. The molecule has 2 aromatic carbocycles. The van der Waals surface area contributed by atoms with Gasteiger partial charge in [0, 0.05) is 6.54 Å². The van der Waals surface area contributed by atoms with Crippen LogP contribution in [0.3, 0.4) is 0 Å². The van der Waals surface area contributed by atoms with Gasteiger partial charge in [-0.15, -0.1) is 0 Å². The molecule has 8 nitrogen and oxygen atoms in total. The molecular formula is C25H27N5O3. The van der Waals surface area contributed by atoms with Crippen molar-refractivity contribution in [1.29, 1.82) is 0 Å². The number of hydrogen-bond donors (Lipinski definition) is 1. The van der Waals surface area contributed by atoms with Crippen molar-refractivity contribution in [2.45, 2.75) is 39.8 Å². The minimum atomic E-state index is -0.735. The van der Waals surface area contributed by atoms with E-state index in [4.69, 9.17) is 4.74 Å². The number of methoxy groups -OCH3 is 1. The molecule has 0 aliphatic carbocycles. The Bertz CT molecular complexity index is 1340. The van der Waals surface area contributed by atoms with Crippen LogP contribution in [0.4, 0.5) is 0 Å². The second-order valence-electron chi connectivity index (χ2n) is 7.88. The van der Waals surface area contributed by atoms with E-state index < -0.39 is 6.04 Å². The number of rotatable bonds is 7. The van der Waals surface area contributed by atoms with E-state index in [1.165, 1.54) is 4.68 Å². The zero-order valence-corrected chi connectivity index (χ0v) is 19.2. The van der Waals surface area contributed by atoms with Crippen LogP contribution in [0.5, 0.6) is 5.75 Å². The van der Waals surface area contributed by atoms with Crippen LogP contribution < -0.4 is 15.6 Å². The van der Waals surface area contributed by atoms with Crippen molar-refractivity contribution in [1.82, 2.24) is 24.9 Å². The summed E-state index contributed by atoms with van der Waals surface area (Å²) in [7, 11) is 1.61. The lowest BCUT2D eigenvalue weighted by Crippen LogP contribution is -2.38. The van der Waals surface area contributed by atoms with Crippen molar-refractivity contribution in [3.8, 4) is 11.4 Å². The number of nitrogens with one attached hydrogen (secondary N) is 1. The van der Waals surface area contributed by atoms with Crippen molar-refractivity contribution < 1.29 is 9.53 Å². The quantitative estimate of drug-likeness (QED) is 0.470. The van der Waals surface area contributed by atoms with Crippen LogP contribution in [0, 0.1) is 13.8 Å². The smallest absolute Gasteiger partial charge is 0.295 e. The van der Waals surface area contributed by atoms with Crippen molar-refractivity contribution in [2.24, 2.45) is 0 Å². The zero-order chi connectivity index (χ0) is 23.5. The number of nitrogens with zero attached hydrogens (tertiary/aromatic N) is 4. The molecule has 1 N–H and O–H groups in total. The summed E-state index contributed by atoms with van der Waals surface area (Å²) >= 11 is 0. The SMILES string of the molecule is CC[C@H](C(=O)NCc1ccc(OC)cc1)n1nc(C)c2c(C)n(-c3ccccc3)nc2c1=O. The zero-order valence-electron chi connectivity index (χ0n) is 19.2. The van der Waals surface area contributed by atoms with Gasteiger partial charge >= 0.3 is 0 Å². The number of carbonyl (C=O) groups excluding carboxylic acids is 1. The third-order valence-electron chi connectivity index (χ3n) is 5.76. The molecule has 0 fully saturated rings. The van der Waals surface area contributed by atoms with Gasteiger partial charge in [-0.2, -0.15) is 10.2 Å². The normalized spacial score (nSPS) is 12.0. The monoisotopic (exact) mass is 445 g/mol. The molecule has 0 saturated carbocycles. The summed E-state index contributed by atoms with van der Waals surface area (Å²) in [5.74, 6) is 0.488. The Morgan fingerprint density at radius 1 is 1.06 bits per heavy atom. The van der Waals surface area contributed by atoms with E-state index in [2.05, 4.69) is 15.5 Å². The van der Waals surface area contributed by atoms with Gasteiger partial charge in [-0.25, -0.2) is 9.36 Å². The first kappa shape index (κ1) is 22.3. The molecule has 4 rings (SSSR count). The topological polar surface area (TPSA) is 91.0 Å². The number of fused-ring (bicyclic) bond motifs is 1. The Hall–Kier alpha value is -3.94. The maximum absolute atomic E-state index is 13.4. The van der Waals surface area contributed by atoms with Gasteiger partial charge in [0.25, 0.3) is 5.56 Å². The van der Waals surface area contributed by atoms with Gasteiger partial charge in [-0.1, -0.05) is 37.3 Å². The lowest BCUT2D eigenvalue weighted by molar-refractivity contribution is -0.125. The molecule has 0 saturated heterocycles. The minimum absolute atomic E-state index is 0.263. The van der Waals surface area contributed by atoms with Crippen LogP contribution in [0.25, 0.3) is 16.6 Å². The average molecular weight is 446 g/mol. The highest BCUT2D eigenvalue weighted by Crippen LogP contribution is 2.22. The van der Waals surface area contributed by atoms with Crippen LogP contribution in [0.15, 0.2) is 59.4 Å². The summed E-state index contributed by atoms with van der Waals surface area (Å²) in [4.78, 5) is 26.4. The van der Waals surface area contributed by atoms with Crippen molar-refractivity contribution in [3.05, 3.63) is 81.9 Å². The maximum atomic E-state index is 13.4. The third kappa shape index (κ3) is 4.24. The van der Waals surface area contributed by atoms with Crippen LogP contribution in [-0.4, -0.2) is 32.6 Å². The van der Waals surface area contributed by atoms with E-state index in [9.17, 15) is 9.59 Å². The molecule has 2 heterocycles. The first-order valence-electron chi connectivity index (χ1n) is 10.9. The van der Waals surface area contributed by atoms with Crippen molar-refractivity contribution in [3.63, 3.8) is 0 Å². The number of para-hydroxylation sites is 1. The molecule has 1 atom stereocenters. The highest BCUT2D eigenvalue weighted by molar-refractivity contribution is 5.84. The molecule has 2 aromatic heterocycles. The number of ether oxygens (including phenoxy) is 1. The fourth-order valence-electron chi connectivity index (χ4n) is 4.00. The second kappa shape index (κ2) is 9.28. The van der Waals surface area contributed by atoms with Gasteiger partial charge in [0.05, 0.1) is 29.6 Å². The third-order valence-corrected chi connectivity index (χ3v) is 5.76. The number of aryl methyl sites for hydroxylation is 2. The summed E-state index contributed by atoms with van der Waals surface area (Å²) < 4.78 is 8.18. The summed E-state index contributed by atoms with van der Waals surface area (Å²) in [6.07, 6.45) is 0.421. The fraction of sp³-hybridized carbons (Fsp3) is 0.280. The van der Waals surface area contributed by atoms with Crippen LogP contribution >= 0.6 is 0 Å². The van der Waals surface area contributed by atoms with Crippen molar-refractivity contribution >= 4 is 16.8 Å². The van der Waals surface area contributed by atoms with Gasteiger partial charge in [-0.3, -0.25) is 9.59 Å². The highest BCUT2D eigenvalue weighted by Gasteiger charge is 2.25. The summed E-state index contributed by atoms with van der Waals surface area (Å²) in [5, 5.41) is 12.7. The minimum Gasteiger partial charge on any atom is -0.497 e. The molecule has 0 spiro atoms. The van der Waals surface area contributed by atoms with E-state index >= 15 is 0 Å². The molecule has 0 unspecified atom stereocenters. The van der Waals surface area contributed by atoms with Gasteiger partial charge < -0.3 is 10.1 Å². The van der Waals surface area contributed by atoms with Crippen LogP contribution in [0.1, 0.15) is 36.3 Å². The number of hydrogen-bond acceptors (Lipinski definition) is 5. The molecule has 0 bridgehead atoms. The van der Waals surface area contributed by atoms with E-state index in [1.807, 2.05) is 75.4 Å². The van der Waals surface area contributed by atoms with Crippen LogP contribution in [-0.2, 0) is 11.3 Å². The van der Waals surface area contributed by atoms with Gasteiger partial charge in [0.2, 0.25) is 5.91 Å². The first-order valence-corrected chi connectivity index (χ1v) is 10.9. The lowest BCUT2D eigenvalue weighted by Gasteiger charge is -2.17. The molecule has 0 radical (unpaired) electrons. The molecule has 33 heavy (non-hydrogen) atoms. The molecule has 1 amide bonds. The number of benzene rings is 2. The van der Waals surface area contributed by atoms with E-state index in [-0.39, 0.29) is 11.5 Å². The Balaban J connectivity index is 1.66. The van der Waals surface area contributed by atoms with Gasteiger partial charge in [-0.05, 0) is 50.1 Å². The fourth-order valence-corrected chi connectivity index (χ4v) is 4.00. The molecule has 170 valence electrons. The van der Waals surface area contributed by atoms with E-state index in [1.54, 1.807) is 11.8 Å². The Morgan fingerprint density at radius 3 is 2.39 bits per heavy atom. The largest absolute Gasteiger partial charge is 0.497 e. The average Bonchev–Trinajstić information content (AvgIpc) is 3.20. The number of aromatic nitrogens is 4. The molecule has 8 heteroatoms. The first-order chi connectivity index (χ1) is 15.9. The Labute approximate surface area is 191 Å². The Morgan fingerprint density at radius 2 is 1.76 bits per heavy atom. The molecule has 0 aliphatic rings. The number of carbonyl (C=O) groups is 1. The van der Waals surface area contributed by atoms with E-state index in [0.29, 0.717) is 29.6 Å². The molecule has 4 aromatic rings. The molecular weight excluding hydrogens is 418 g/mol. The molecule has 0 aliphatic heterocycles. The predicted octanol–water partition coefficient (Wildman–Crippen LogP) is 3.48. The summed E-state index contributed by atoms with van der Waals surface area (Å²) in [6, 6.07) is 16.4. The maximum Gasteiger partial charge on any atom is 0.295 e. The van der Waals surface area contributed by atoms with Crippen molar-refractivity contribution in [2.75, 3.05) is 7.11 Å². The van der Waals surface area contributed by atoms with E-state index in [0.717, 1.165) is 22.7 Å². The van der Waals surface area contributed by atoms with Gasteiger partial charge in [0.1, 0.15) is 11.8 Å². The summed E-state index contributed by atoms with van der Waals surface area (Å²) in [5.41, 5.74) is 3.22. The second-order valence-corrected chi connectivity index (χ2v) is 7.88. The van der Waals surface area contributed by atoms with Gasteiger partial charge in [0.15, 0.2) is 5.52 Å². The lowest BCUT2D eigenvalue weighted by atomic mass is 10.1.